The number of carbonyl (C=O) groups is 1. The summed E-state index contributed by atoms with van der Waals surface area (Å²) in [6.45, 7) is 9.84. The molecule has 10 heteroatoms. The van der Waals surface area contributed by atoms with Crippen molar-refractivity contribution >= 4 is 29.2 Å². The lowest BCUT2D eigenvalue weighted by Crippen LogP contribution is -2.47. The summed E-state index contributed by atoms with van der Waals surface area (Å²) in [6.07, 6.45) is 4.57. The Balaban J connectivity index is 1.24. The minimum Gasteiger partial charge on any atom is -0.342 e. The van der Waals surface area contributed by atoms with Crippen molar-refractivity contribution < 1.29 is 9.18 Å². The summed E-state index contributed by atoms with van der Waals surface area (Å²) in [7, 11) is 0. The first-order valence-corrected chi connectivity index (χ1v) is 12.6. The SMILES string of the molecule is Cc1cc(Nc2nc(Nc3cc(C)c(C4CCN(C(=O)CN5CCC5)CC4)cc3F)ncc2C)n[nH]1. The minimum absolute atomic E-state index is 0.213. The Morgan fingerprint density at radius 3 is 2.53 bits per heavy atom. The van der Waals surface area contributed by atoms with Crippen molar-refractivity contribution in [1.29, 1.82) is 0 Å². The number of aromatic amines is 1. The number of nitrogens with one attached hydrogen (secondary N) is 3. The van der Waals surface area contributed by atoms with Crippen molar-refractivity contribution in [2.75, 3.05) is 43.4 Å². The van der Waals surface area contributed by atoms with Gasteiger partial charge in [0.2, 0.25) is 11.9 Å². The molecule has 2 fully saturated rings. The molecule has 3 aromatic rings. The third-order valence-electron chi connectivity index (χ3n) is 7.12. The van der Waals surface area contributed by atoms with Gasteiger partial charge in [-0.05, 0) is 82.3 Å². The normalized spacial score (nSPS) is 16.6. The van der Waals surface area contributed by atoms with Crippen LogP contribution in [-0.4, -0.2) is 68.6 Å². The third-order valence-corrected chi connectivity index (χ3v) is 7.12. The summed E-state index contributed by atoms with van der Waals surface area (Å²) in [5.74, 6) is 1.67. The van der Waals surface area contributed by atoms with Gasteiger partial charge in [0.1, 0.15) is 11.6 Å². The number of amides is 1. The molecular formula is C26H33FN8O. The van der Waals surface area contributed by atoms with E-state index in [0.717, 1.165) is 61.4 Å². The fraction of sp³-hybridized carbons (Fsp3) is 0.462. The molecule has 9 nitrogen and oxygen atoms in total. The van der Waals surface area contributed by atoms with Crippen LogP contribution in [0.3, 0.4) is 0 Å². The van der Waals surface area contributed by atoms with Crippen LogP contribution in [0.25, 0.3) is 0 Å². The number of carbonyl (C=O) groups excluding carboxylic acids is 1. The van der Waals surface area contributed by atoms with E-state index in [4.69, 9.17) is 0 Å². The zero-order chi connectivity index (χ0) is 25.2. The molecule has 0 spiro atoms. The lowest BCUT2D eigenvalue weighted by Gasteiger charge is -2.36. The van der Waals surface area contributed by atoms with Crippen LogP contribution in [0.5, 0.6) is 0 Å². The molecule has 1 aromatic carbocycles. The topological polar surface area (TPSA) is 102 Å². The number of halogens is 1. The van der Waals surface area contributed by atoms with Gasteiger partial charge in [0.15, 0.2) is 5.82 Å². The van der Waals surface area contributed by atoms with E-state index in [9.17, 15) is 4.79 Å². The zero-order valence-corrected chi connectivity index (χ0v) is 21.1. The number of benzene rings is 1. The highest BCUT2D eigenvalue weighted by molar-refractivity contribution is 5.78. The molecule has 0 unspecified atom stereocenters. The number of hydrogen-bond donors (Lipinski definition) is 3. The molecule has 5 rings (SSSR count). The van der Waals surface area contributed by atoms with Crippen LogP contribution in [0.2, 0.25) is 0 Å². The predicted molar refractivity (Wildman–Crippen MR) is 137 cm³/mol. The van der Waals surface area contributed by atoms with Gasteiger partial charge in [0, 0.05) is 36.6 Å². The smallest absolute Gasteiger partial charge is 0.236 e. The highest BCUT2D eigenvalue weighted by Crippen LogP contribution is 2.34. The molecule has 2 saturated heterocycles. The molecule has 2 aromatic heterocycles. The third kappa shape index (κ3) is 5.33. The first-order valence-electron chi connectivity index (χ1n) is 12.6. The Kier molecular flexibility index (Phi) is 6.86. The second kappa shape index (κ2) is 10.2. The van der Waals surface area contributed by atoms with Crippen LogP contribution in [0.15, 0.2) is 24.4 Å². The van der Waals surface area contributed by atoms with Gasteiger partial charge in [0.05, 0.1) is 12.2 Å². The van der Waals surface area contributed by atoms with Crippen LogP contribution in [0.1, 0.15) is 47.6 Å². The van der Waals surface area contributed by atoms with E-state index in [1.54, 1.807) is 12.3 Å². The number of H-pyrrole nitrogens is 1. The molecule has 1 amide bonds. The van der Waals surface area contributed by atoms with E-state index in [0.29, 0.717) is 29.8 Å². The number of rotatable bonds is 7. The molecular weight excluding hydrogens is 459 g/mol. The molecule has 0 saturated carbocycles. The molecule has 2 aliphatic rings. The minimum atomic E-state index is -0.339. The number of piperidine rings is 1. The predicted octanol–water partition coefficient (Wildman–Crippen LogP) is 4.16. The van der Waals surface area contributed by atoms with Gasteiger partial charge in [-0.15, -0.1) is 0 Å². The highest BCUT2D eigenvalue weighted by Gasteiger charge is 2.27. The number of aromatic nitrogens is 4. The second-order valence-corrected chi connectivity index (χ2v) is 9.88. The number of aryl methyl sites for hydroxylation is 3. The van der Waals surface area contributed by atoms with Crippen LogP contribution in [0.4, 0.5) is 27.7 Å². The molecule has 0 aliphatic carbocycles. The number of hydrogen-bond acceptors (Lipinski definition) is 7. The van der Waals surface area contributed by atoms with Crippen molar-refractivity contribution in [1.82, 2.24) is 30.0 Å². The molecule has 190 valence electrons. The summed E-state index contributed by atoms with van der Waals surface area (Å²) < 4.78 is 15.2. The summed E-state index contributed by atoms with van der Waals surface area (Å²) in [5.41, 5.74) is 4.14. The maximum absolute atomic E-state index is 15.2. The molecule has 0 atom stereocenters. The Hall–Kier alpha value is -3.53. The van der Waals surface area contributed by atoms with Crippen molar-refractivity contribution in [3.63, 3.8) is 0 Å². The van der Waals surface area contributed by atoms with Crippen LogP contribution in [0, 0.1) is 26.6 Å². The fourth-order valence-electron chi connectivity index (χ4n) is 4.86. The molecule has 0 bridgehead atoms. The maximum atomic E-state index is 15.2. The maximum Gasteiger partial charge on any atom is 0.236 e. The van der Waals surface area contributed by atoms with Crippen LogP contribution < -0.4 is 10.6 Å². The molecule has 36 heavy (non-hydrogen) atoms. The monoisotopic (exact) mass is 492 g/mol. The average Bonchev–Trinajstić information content (AvgIpc) is 3.25. The first kappa shape index (κ1) is 24.2. The van der Waals surface area contributed by atoms with Crippen molar-refractivity contribution in [3.05, 3.63) is 52.6 Å². The summed E-state index contributed by atoms with van der Waals surface area (Å²) in [5, 5.41) is 13.3. The van der Waals surface area contributed by atoms with Crippen molar-refractivity contribution in [3.8, 4) is 0 Å². The largest absolute Gasteiger partial charge is 0.342 e. The lowest BCUT2D eigenvalue weighted by atomic mass is 9.86. The van der Waals surface area contributed by atoms with E-state index < -0.39 is 0 Å². The summed E-state index contributed by atoms with van der Waals surface area (Å²) >= 11 is 0. The van der Waals surface area contributed by atoms with Gasteiger partial charge in [-0.1, -0.05) is 0 Å². The first-order chi connectivity index (χ1) is 17.4. The average molecular weight is 493 g/mol. The van der Waals surface area contributed by atoms with Gasteiger partial charge < -0.3 is 15.5 Å². The van der Waals surface area contributed by atoms with Crippen LogP contribution >= 0.6 is 0 Å². The van der Waals surface area contributed by atoms with Crippen molar-refractivity contribution in [2.45, 2.75) is 46.0 Å². The van der Waals surface area contributed by atoms with E-state index in [-0.39, 0.29) is 17.6 Å². The Morgan fingerprint density at radius 2 is 1.86 bits per heavy atom. The zero-order valence-electron chi connectivity index (χ0n) is 21.1. The standard InChI is InChI=1S/C26H33FN8O/c1-16-11-22(29-26-28-14-17(2)25(31-26)30-23-12-18(3)32-33-23)21(27)13-20(16)19-5-9-35(10-6-19)24(36)15-34-7-4-8-34/h11-14,19H,4-10,15H2,1-3H3,(H3,28,29,30,31,32,33). The van der Waals surface area contributed by atoms with Gasteiger partial charge in [0.25, 0.3) is 0 Å². The number of likely N-dealkylation sites (tertiary alicyclic amines) is 2. The van der Waals surface area contributed by atoms with Gasteiger partial charge in [-0.3, -0.25) is 14.8 Å². The molecule has 0 radical (unpaired) electrons. The number of anilines is 4. The van der Waals surface area contributed by atoms with E-state index in [1.807, 2.05) is 37.8 Å². The van der Waals surface area contributed by atoms with Gasteiger partial charge >= 0.3 is 0 Å². The van der Waals surface area contributed by atoms with E-state index >= 15 is 4.39 Å². The lowest BCUT2D eigenvalue weighted by molar-refractivity contribution is -0.134. The summed E-state index contributed by atoms with van der Waals surface area (Å²) in [4.78, 5) is 25.5. The molecule has 2 aliphatic heterocycles. The Morgan fingerprint density at radius 1 is 1.08 bits per heavy atom. The Bertz CT molecular complexity index is 1250. The van der Waals surface area contributed by atoms with Crippen LogP contribution in [-0.2, 0) is 4.79 Å². The highest BCUT2D eigenvalue weighted by atomic mass is 19.1. The molecule has 4 heterocycles. The Labute approximate surface area is 210 Å². The van der Waals surface area contributed by atoms with E-state index in [2.05, 4.69) is 35.7 Å². The van der Waals surface area contributed by atoms with Gasteiger partial charge in [-0.2, -0.15) is 10.1 Å². The quantitative estimate of drug-likeness (QED) is 0.455. The molecule has 3 N–H and O–H groups in total. The fourth-order valence-corrected chi connectivity index (χ4v) is 4.86. The van der Waals surface area contributed by atoms with E-state index in [1.165, 1.54) is 6.42 Å². The summed E-state index contributed by atoms with van der Waals surface area (Å²) in [6, 6.07) is 5.32. The van der Waals surface area contributed by atoms with Crippen molar-refractivity contribution in [2.24, 2.45) is 0 Å². The number of nitrogens with zero attached hydrogens (tertiary/aromatic N) is 5. The van der Waals surface area contributed by atoms with Gasteiger partial charge in [-0.25, -0.2) is 9.37 Å². The second-order valence-electron chi connectivity index (χ2n) is 9.88.